The van der Waals surface area contributed by atoms with Crippen molar-refractivity contribution in [2.45, 2.75) is 31.8 Å². The van der Waals surface area contributed by atoms with E-state index < -0.39 is 0 Å². The molecule has 0 radical (unpaired) electrons. The summed E-state index contributed by atoms with van der Waals surface area (Å²) in [5, 5.41) is 12.6. The summed E-state index contributed by atoms with van der Waals surface area (Å²) in [6.45, 7) is 0.940. The Morgan fingerprint density at radius 1 is 1.50 bits per heavy atom. The van der Waals surface area contributed by atoms with Gasteiger partial charge in [-0.05, 0) is 18.8 Å². The second-order valence-corrected chi connectivity index (χ2v) is 3.82. The third kappa shape index (κ3) is 3.64. The highest BCUT2D eigenvalue weighted by Gasteiger charge is 2.22. The van der Waals surface area contributed by atoms with E-state index in [-0.39, 0.29) is 18.6 Å². The van der Waals surface area contributed by atoms with Gasteiger partial charge in [-0.1, -0.05) is 12.8 Å². The van der Waals surface area contributed by atoms with E-state index in [4.69, 9.17) is 0 Å². The van der Waals surface area contributed by atoms with E-state index >= 15 is 0 Å². The van der Waals surface area contributed by atoms with Gasteiger partial charge in [0.15, 0.2) is 0 Å². The molecule has 0 amide bonds. The second-order valence-electron chi connectivity index (χ2n) is 3.82. The summed E-state index contributed by atoms with van der Waals surface area (Å²) in [6.07, 6.45) is 4.05. The number of hydrogen-bond donors (Lipinski definition) is 2. The molecule has 0 aliphatic heterocycles. The third-order valence-corrected chi connectivity index (χ3v) is 2.77. The number of aliphatic hydroxyl groups is 1. The van der Waals surface area contributed by atoms with E-state index in [0.717, 1.165) is 19.3 Å². The summed E-state index contributed by atoms with van der Waals surface area (Å²) in [6, 6.07) is 0. The van der Waals surface area contributed by atoms with E-state index in [1.54, 1.807) is 0 Å². The molecule has 0 saturated heterocycles. The number of carbonyl (C=O) groups excluding carboxylic acids is 1. The number of aliphatic hydroxyl groups excluding tert-OH is 1. The molecule has 0 aromatic carbocycles. The lowest BCUT2D eigenvalue weighted by Gasteiger charge is -2.27. The first-order valence-electron chi connectivity index (χ1n) is 5.19. The maximum absolute atomic E-state index is 10.8. The predicted molar refractivity (Wildman–Crippen MR) is 52.9 cm³/mol. The zero-order valence-corrected chi connectivity index (χ0v) is 8.66. The summed E-state index contributed by atoms with van der Waals surface area (Å²) in [4.78, 5) is 10.8. The Hall–Kier alpha value is -0.610. The van der Waals surface area contributed by atoms with Crippen LogP contribution in [-0.2, 0) is 9.53 Å². The van der Waals surface area contributed by atoms with Gasteiger partial charge in [0.2, 0.25) is 0 Å². The molecule has 1 fully saturated rings. The van der Waals surface area contributed by atoms with Crippen LogP contribution in [0.5, 0.6) is 0 Å². The summed E-state index contributed by atoms with van der Waals surface area (Å²) in [7, 11) is 1.37. The highest BCUT2D eigenvalue weighted by Crippen LogP contribution is 2.23. The quantitative estimate of drug-likeness (QED) is 0.642. The Bertz CT molecular complexity index is 184. The summed E-state index contributed by atoms with van der Waals surface area (Å²) >= 11 is 0. The van der Waals surface area contributed by atoms with Crippen LogP contribution in [0.15, 0.2) is 0 Å². The van der Waals surface area contributed by atoms with Crippen molar-refractivity contribution >= 4 is 5.97 Å². The number of carbonyl (C=O) groups is 1. The van der Waals surface area contributed by atoms with Crippen LogP contribution in [0.4, 0.5) is 0 Å². The minimum Gasteiger partial charge on any atom is -0.468 e. The van der Waals surface area contributed by atoms with E-state index in [0.29, 0.717) is 12.5 Å². The highest BCUT2D eigenvalue weighted by atomic mass is 16.5. The number of esters is 1. The largest absolute Gasteiger partial charge is 0.468 e. The third-order valence-electron chi connectivity index (χ3n) is 2.77. The molecule has 4 heteroatoms. The lowest BCUT2D eigenvalue weighted by molar-refractivity contribution is -0.139. The fraction of sp³-hybridized carbons (Fsp3) is 0.900. The predicted octanol–water partition coefficient (Wildman–Crippen LogP) is 0.300. The summed E-state index contributed by atoms with van der Waals surface area (Å²) in [5.41, 5.74) is 0. The number of nitrogens with one attached hydrogen (secondary N) is 1. The van der Waals surface area contributed by atoms with E-state index in [1.807, 2.05) is 0 Å². The maximum Gasteiger partial charge on any atom is 0.319 e. The van der Waals surface area contributed by atoms with Gasteiger partial charge in [-0.2, -0.15) is 0 Å². The van der Waals surface area contributed by atoms with Gasteiger partial charge in [0, 0.05) is 6.54 Å². The lowest BCUT2D eigenvalue weighted by Crippen LogP contribution is -2.36. The first kappa shape index (κ1) is 11.5. The molecule has 0 aromatic rings. The van der Waals surface area contributed by atoms with Crippen molar-refractivity contribution in [3.8, 4) is 0 Å². The Kier molecular flexibility index (Phi) is 4.90. The highest BCUT2D eigenvalue weighted by molar-refractivity contribution is 5.71. The molecule has 1 aliphatic rings. The van der Waals surface area contributed by atoms with Crippen molar-refractivity contribution in [1.29, 1.82) is 0 Å². The second kappa shape index (κ2) is 5.98. The van der Waals surface area contributed by atoms with Crippen molar-refractivity contribution in [3.05, 3.63) is 0 Å². The van der Waals surface area contributed by atoms with Crippen LogP contribution in [0.2, 0.25) is 0 Å². The van der Waals surface area contributed by atoms with Crippen LogP contribution in [0.3, 0.4) is 0 Å². The molecule has 0 spiro atoms. The molecular formula is C10H19NO3. The Labute approximate surface area is 84.6 Å². The Morgan fingerprint density at radius 3 is 2.86 bits per heavy atom. The summed E-state index contributed by atoms with van der Waals surface area (Å²) < 4.78 is 4.50. The van der Waals surface area contributed by atoms with Gasteiger partial charge in [-0.15, -0.1) is 0 Å². The van der Waals surface area contributed by atoms with Gasteiger partial charge < -0.3 is 15.2 Å². The number of hydrogen-bond acceptors (Lipinski definition) is 4. The first-order chi connectivity index (χ1) is 6.74. The molecular weight excluding hydrogens is 182 g/mol. The van der Waals surface area contributed by atoms with Gasteiger partial charge in [-0.25, -0.2) is 0 Å². The van der Waals surface area contributed by atoms with Crippen LogP contribution in [0.1, 0.15) is 25.7 Å². The van der Waals surface area contributed by atoms with Crippen molar-refractivity contribution < 1.29 is 14.6 Å². The molecule has 0 bridgehead atoms. The van der Waals surface area contributed by atoms with Crippen LogP contribution >= 0.6 is 0 Å². The molecule has 82 valence electrons. The van der Waals surface area contributed by atoms with Gasteiger partial charge >= 0.3 is 5.97 Å². The summed E-state index contributed by atoms with van der Waals surface area (Å²) in [5.74, 6) is 0.0451. The van der Waals surface area contributed by atoms with E-state index in [9.17, 15) is 9.90 Å². The molecule has 1 saturated carbocycles. The zero-order chi connectivity index (χ0) is 10.4. The van der Waals surface area contributed by atoms with E-state index in [1.165, 1.54) is 13.5 Å². The Morgan fingerprint density at radius 2 is 2.21 bits per heavy atom. The molecule has 0 heterocycles. The standard InChI is InChI=1S/C10H19NO3/c1-14-10(13)7-11-6-8-4-2-3-5-9(8)12/h8-9,11-12H,2-7H2,1H3. The molecule has 1 aliphatic carbocycles. The van der Waals surface area contributed by atoms with Gasteiger partial charge in [0.05, 0.1) is 19.8 Å². The van der Waals surface area contributed by atoms with Crippen LogP contribution in [0, 0.1) is 5.92 Å². The normalized spacial score (nSPS) is 27.3. The Balaban J connectivity index is 2.13. The average molecular weight is 201 g/mol. The van der Waals surface area contributed by atoms with Gasteiger partial charge in [-0.3, -0.25) is 4.79 Å². The average Bonchev–Trinajstić information content (AvgIpc) is 2.20. The number of rotatable bonds is 4. The van der Waals surface area contributed by atoms with Gasteiger partial charge in [0.1, 0.15) is 0 Å². The fourth-order valence-electron chi connectivity index (χ4n) is 1.86. The minimum atomic E-state index is -0.254. The SMILES string of the molecule is COC(=O)CNCC1CCCCC1O. The molecule has 2 unspecified atom stereocenters. The van der Waals surface area contributed by atoms with Crippen LogP contribution in [-0.4, -0.2) is 37.4 Å². The zero-order valence-electron chi connectivity index (χ0n) is 8.66. The van der Waals surface area contributed by atoms with Crippen LogP contribution < -0.4 is 5.32 Å². The van der Waals surface area contributed by atoms with Crippen molar-refractivity contribution in [1.82, 2.24) is 5.32 Å². The van der Waals surface area contributed by atoms with Crippen molar-refractivity contribution in [2.24, 2.45) is 5.92 Å². The van der Waals surface area contributed by atoms with Crippen LogP contribution in [0.25, 0.3) is 0 Å². The molecule has 2 atom stereocenters. The fourth-order valence-corrected chi connectivity index (χ4v) is 1.86. The van der Waals surface area contributed by atoms with Crippen molar-refractivity contribution in [3.63, 3.8) is 0 Å². The number of methoxy groups -OCH3 is 1. The molecule has 14 heavy (non-hydrogen) atoms. The first-order valence-corrected chi connectivity index (χ1v) is 5.19. The number of ether oxygens (including phenoxy) is 1. The molecule has 4 nitrogen and oxygen atoms in total. The van der Waals surface area contributed by atoms with E-state index in [2.05, 4.69) is 10.1 Å². The van der Waals surface area contributed by atoms with Gasteiger partial charge in [0.25, 0.3) is 0 Å². The molecule has 0 aromatic heterocycles. The molecule has 1 rings (SSSR count). The van der Waals surface area contributed by atoms with Crippen molar-refractivity contribution in [2.75, 3.05) is 20.2 Å². The minimum absolute atomic E-state index is 0.200. The lowest BCUT2D eigenvalue weighted by atomic mass is 9.86. The topological polar surface area (TPSA) is 58.6 Å². The maximum atomic E-state index is 10.8. The smallest absolute Gasteiger partial charge is 0.319 e. The molecule has 2 N–H and O–H groups in total. The monoisotopic (exact) mass is 201 g/mol.